The largest absolute Gasteiger partial charge is 0.494 e. The Morgan fingerprint density at radius 1 is 1.11 bits per heavy atom. The fraction of sp³-hybridized carbons (Fsp3) is 0.333. The maximum atomic E-state index is 13.9. The zero-order chi connectivity index (χ0) is 27.8. The van der Waals surface area contributed by atoms with Crippen molar-refractivity contribution in [3.63, 3.8) is 0 Å². The van der Waals surface area contributed by atoms with Crippen LogP contribution in [-0.4, -0.2) is 40.1 Å². The predicted molar refractivity (Wildman–Crippen MR) is 144 cm³/mol. The third kappa shape index (κ3) is 7.06. The summed E-state index contributed by atoms with van der Waals surface area (Å²) < 4.78 is 23.1. The number of nitrogens with two attached hydrogens (primary N) is 2. The molecule has 0 fully saturated rings. The van der Waals surface area contributed by atoms with Gasteiger partial charge in [-0.25, -0.2) is 4.39 Å². The van der Waals surface area contributed by atoms with E-state index in [0.29, 0.717) is 35.9 Å². The Hall–Kier alpha value is -3.99. The van der Waals surface area contributed by atoms with E-state index < -0.39 is 29.6 Å². The third-order valence-corrected chi connectivity index (χ3v) is 6.62. The van der Waals surface area contributed by atoms with Crippen LogP contribution < -0.4 is 21.5 Å². The lowest BCUT2D eigenvalue weighted by Crippen LogP contribution is -2.43. The van der Waals surface area contributed by atoms with E-state index in [1.807, 2.05) is 20.8 Å². The molecule has 0 saturated carbocycles. The molecule has 3 aromatic rings. The molecule has 38 heavy (non-hydrogen) atoms. The molecule has 3 amide bonds. The van der Waals surface area contributed by atoms with Crippen molar-refractivity contribution in [3.05, 3.63) is 76.0 Å². The molecule has 9 nitrogen and oxygen atoms in total. The van der Waals surface area contributed by atoms with E-state index in [0.717, 1.165) is 18.0 Å². The summed E-state index contributed by atoms with van der Waals surface area (Å²) in [6.45, 7) is 6.80. The van der Waals surface area contributed by atoms with Crippen LogP contribution in [0.15, 0.2) is 48.5 Å². The minimum Gasteiger partial charge on any atom is -0.494 e. The van der Waals surface area contributed by atoms with Crippen LogP contribution in [0.3, 0.4) is 0 Å². The Labute approximate surface area is 225 Å². The number of carbonyl (C=O) groups excluding carboxylic acids is 3. The molecular formula is C27H32FN5O4S. The number of nitrogens with zero attached hydrogens (tertiary/aromatic N) is 2. The van der Waals surface area contributed by atoms with Crippen molar-refractivity contribution in [2.75, 3.05) is 18.9 Å². The fourth-order valence-corrected chi connectivity index (χ4v) is 4.55. The van der Waals surface area contributed by atoms with Crippen molar-refractivity contribution in [1.29, 1.82) is 0 Å². The Balaban J connectivity index is 2.09. The second-order valence-corrected chi connectivity index (χ2v) is 9.85. The predicted octanol–water partition coefficient (Wildman–Crippen LogP) is 3.91. The summed E-state index contributed by atoms with van der Waals surface area (Å²) in [6.07, 6.45) is 0.747. The number of nitrogen functional groups attached to an aromatic ring is 1. The maximum absolute atomic E-state index is 13.9. The van der Waals surface area contributed by atoms with Gasteiger partial charge in [0.1, 0.15) is 22.5 Å². The van der Waals surface area contributed by atoms with Crippen LogP contribution in [0.25, 0.3) is 0 Å². The zero-order valence-electron chi connectivity index (χ0n) is 21.6. The minimum absolute atomic E-state index is 0.0215. The van der Waals surface area contributed by atoms with Crippen molar-refractivity contribution in [2.45, 2.75) is 39.8 Å². The van der Waals surface area contributed by atoms with Gasteiger partial charge in [-0.3, -0.25) is 14.4 Å². The molecule has 5 N–H and O–H groups in total. The van der Waals surface area contributed by atoms with E-state index in [1.54, 1.807) is 24.3 Å². The molecule has 202 valence electrons. The summed E-state index contributed by atoms with van der Waals surface area (Å²) in [5.74, 6) is -1.33. The standard InChI is InChI=1S/C27H32FN5O4S/c1-4-37-20-11-7-18(8-12-20)23(26(35)31-14-13-16(2)3)33(15-17-5-9-19(28)10-6-17)27(36)24-21(29)22(25(30)34)32-38-24/h5-12,16,23H,4,13-15,29H2,1-3H3,(H2,30,34)(H,31,35)/t23-/m1/s1. The average molecular weight is 542 g/mol. The average Bonchev–Trinajstić information content (AvgIpc) is 3.27. The van der Waals surface area contributed by atoms with Crippen LogP contribution in [0.2, 0.25) is 0 Å². The molecule has 0 spiro atoms. The van der Waals surface area contributed by atoms with E-state index in [1.165, 1.54) is 29.2 Å². The summed E-state index contributed by atoms with van der Waals surface area (Å²) in [4.78, 5) is 40.6. The summed E-state index contributed by atoms with van der Waals surface area (Å²) in [5.41, 5.74) is 12.2. The highest BCUT2D eigenvalue weighted by atomic mass is 32.1. The lowest BCUT2D eigenvalue weighted by atomic mass is 10.0. The number of carbonyl (C=O) groups is 3. The molecule has 0 aliphatic heterocycles. The summed E-state index contributed by atoms with van der Waals surface area (Å²) in [7, 11) is 0. The lowest BCUT2D eigenvalue weighted by molar-refractivity contribution is -0.126. The number of rotatable bonds is 12. The Kier molecular flexibility index (Phi) is 9.78. The van der Waals surface area contributed by atoms with Gasteiger partial charge in [-0.1, -0.05) is 38.1 Å². The second kappa shape index (κ2) is 13.0. The van der Waals surface area contributed by atoms with Crippen LogP contribution in [0.4, 0.5) is 10.1 Å². The van der Waals surface area contributed by atoms with E-state index >= 15 is 0 Å². The topological polar surface area (TPSA) is 141 Å². The summed E-state index contributed by atoms with van der Waals surface area (Å²) in [5, 5.41) is 2.93. The van der Waals surface area contributed by atoms with Crippen LogP contribution in [0, 0.1) is 11.7 Å². The molecule has 1 heterocycles. The molecular weight excluding hydrogens is 509 g/mol. The summed E-state index contributed by atoms with van der Waals surface area (Å²) in [6, 6.07) is 11.4. The first-order chi connectivity index (χ1) is 18.1. The molecule has 1 atom stereocenters. The molecule has 0 aliphatic carbocycles. The number of anilines is 1. The number of halogens is 1. The summed E-state index contributed by atoms with van der Waals surface area (Å²) >= 11 is 0.730. The van der Waals surface area contributed by atoms with E-state index in [9.17, 15) is 18.8 Å². The second-order valence-electron chi connectivity index (χ2n) is 9.08. The third-order valence-electron chi connectivity index (χ3n) is 5.77. The molecule has 0 bridgehead atoms. The van der Waals surface area contributed by atoms with E-state index in [-0.39, 0.29) is 22.8 Å². The van der Waals surface area contributed by atoms with E-state index in [2.05, 4.69) is 9.69 Å². The van der Waals surface area contributed by atoms with Gasteiger partial charge in [0.25, 0.3) is 11.8 Å². The van der Waals surface area contributed by atoms with Gasteiger partial charge in [-0.15, -0.1) is 0 Å². The van der Waals surface area contributed by atoms with Gasteiger partial charge in [0, 0.05) is 13.1 Å². The molecule has 0 saturated heterocycles. The van der Waals surface area contributed by atoms with Crippen LogP contribution in [-0.2, 0) is 11.3 Å². The van der Waals surface area contributed by atoms with Crippen LogP contribution in [0.1, 0.15) is 64.5 Å². The smallest absolute Gasteiger partial charge is 0.270 e. The highest BCUT2D eigenvalue weighted by molar-refractivity contribution is 7.09. The van der Waals surface area contributed by atoms with Gasteiger partial charge in [0.2, 0.25) is 5.91 Å². The number of amides is 3. The first-order valence-corrected chi connectivity index (χ1v) is 13.0. The van der Waals surface area contributed by atoms with Crippen molar-refractivity contribution >= 4 is 34.9 Å². The Morgan fingerprint density at radius 3 is 2.32 bits per heavy atom. The first-order valence-electron chi connectivity index (χ1n) is 12.2. The Morgan fingerprint density at radius 2 is 1.76 bits per heavy atom. The van der Waals surface area contributed by atoms with Gasteiger partial charge in [0.05, 0.1) is 12.3 Å². The number of ether oxygens (including phenoxy) is 1. The quantitative estimate of drug-likeness (QED) is 0.318. The number of hydrogen-bond acceptors (Lipinski definition) is 7. The highest BCUT2D eigenvalue weighted by Gasteiger charge is 2.35. The first kappa shape index (κ1) is 28.6. The monoisotopic (exact) mass is 541 g/mol. The van der Waals surface area contributed by atoms with Crippen molar-refractivity contribution in [1.82, 2.24) is 14.6 Å². The van der Waals surface area contributed by atoms with Gasteiger partial charge in [-0.05, 0) is 66.2 Å². The van der Waals surface area contributed by atoms with Crippen molar-refractivity contribution in [2.24, 2.45) is 11.7 Å². The molecule has 2 aromatic carbocycles. The van der Waals surface area contributed by atoms with Crippen LogP contribution >= 0.6 is 11.5 Å². The molecule has 0 aliphatic rings. The fourth-order valence-electron chi connectivity index (χ4n) is 3.79. The molecule has 1 aromatic heterocycles. The number of benzene rings is 2. The number of primary amides is 1. The SMILES string of the molecule is CCOc1ccc([C@H](C(=O)NCCC(C)C)N(Cc2ccc(F)cc2)C(=O)c2snc(C(N)=O)c2N)cc1. The van der Waals surface area contributed by atoms with Crippen molar-refractivity contribution in [3.8, 4) is 5.75 Å². The maximum Gasteiger partial charge on any atom is 0.270 e. The molecule has 0 radical (unpaired) electrons. The number of hydrogen-bond donors (Lipinski definition) is 3. The van der Waals surface area contributed by atoms with Gasteiger partial charge < -0.3 is 26.4 Å². The highest BCUT2D eigenvalue weighted by Crippen LogP contribution is 2.31. The molecule has 11 heteroatoms. The van der Waals surface area contributed by atoms with E-state index in [4.69, 9.17) is 16.2 Å². The normalized spacial score (nSPS) is 11.7. The lowest BCUT2D eigenvalue weighted by Gasteiger charge is -2.31. The number of aromatic nitrogens is 1. The van der Waals surface area contributed by atoms with Gasteiger partial charge in [-0.2, -0.15) is 4.37 Å². The van der Waals surface area contributed by atoms with Crippen molar-refractivity contribution < 1.29 is 23.5 Å². The Bertz CT molecular complexity index is 1260. The molecule has 3 rings (SSSR count). The van der Waals surface area contributed by atoms with Gasteiger partial charge in [0.15, 0.2) is 5.69 Å². The minimum atomic E-state index is -1.08. The molecule has 0 unspecified atom stereocenters. The van der Waals surface area contributed by atoms with Gasteiger partial charge >= 0.3 is 0 Å². The number of nitrogens with one attached hydrogen (secondary N) is 1. The van der Waals surface area contributed by atoms with Crippen LogP contribution in [0.5, 0.6) is 5.75 Å². The zero-order valence-corrected chi connectivity index (χ0v) is 22.4.